The van der Waals surface area contributed by atoms with Gasteiger partial charge < -0.3 is 14.6 Å². The fraction of sp³-hybridized carbons (Fsp3) is 0.190. The highest BCUT2D eigenvalue weighted by Crippen LogP contribution is 2.33. The zero-order valence-corrected chi connectivity index (χ0v) is 16.8. The lowest BCUT2D eigenvalue weighted by Crippen LogP contribution is -2.21. The highest BCUT2D eigenvalue weighted by molar-refractivity contribution is 6.33. The van der Waals surface area contributed by atoms with Gasteiger partial charge >= 0.3 is 5.97 Å². The van der Waals surface area contributed by atoms with Gasteiger partial charge in [0.15, 0.2) is 6.61 Å². The maximum atomic E-state index is 14.2. The molecule has 0 saturated heterocycles. The number of esters is 1. The van der Waals surface area contributed by atoms with Crippen molar-refractivity contribution < 1.29 is 23.2 Å². The quantitative estimate of drug-likeness (QED) is 0.601. The maximum Gasteiger partial charge on any atom is 0.344 e. The monoisotopic (exact) mass is 416 g/mol. The van der Waals surface area contributed by atoms with Crippen LogP contribution in [0.5, 0.6) is 0 Å². The second-order valence-corrected chi connectivity index (χ2v) is 6.84. The van der Waals surface area contributed by atoms with Crippen LogP contribution in [0.15, 0.2) is 40.9 Å². The number of ether oxygens (including phenoxy) is 1. The zero-order chi connectivity index (χ0) is 21.1. The third-order valence-corrected chi connectivity index (χ3v) is 4.79. The number of aromatic nitrogens is 1. The Bertz CT molecular complexity index is 1070. The molecule has 6 nitrogen and oxygen atoms in total. The van der Waals surface area contributed by atoms with Gasteiger partial charge in [-0.15, -0.1) is 0 Å². The number of hydrogen-bond acceptors (Lipinski definition) is 5. The minimum absolute atomic E-state index is 0.0695. The Kier molecular flexibility index (Phi) is 5.98. The van der Waals surface area contributed by atoms with E-state index in [0.717, 1.165) is 11.1 Å². The largest absolute Gasteiger partial charge is 0.452 e. The Morgan fingerprint density at radius 1 is 1.17 bits per heavy atom. The molecule has 0 bridgehead atoms. The van der Waals surface area contributed by atoms with Crippen molar-refractivity contribution in [3.05, 3.63) is 69.7 Å². The smallest absolute Gasteiger partial charge is 0.344 e. The maximum absolute atomic E-state index is 14.2. The predicted molar refractivity (Wildman–Crippen MR) is 106 cm³/mol. The number of aryl methyl sites for hydroxylation is 2. The molecule has 0 spiro atoms. The molecule has 0 aliphatic carbocycles. The van der Waals surface area contributed by atoms with Crippen LogP contribution < -0.4 is 5.32 Å². The second-order valence-electron chi connectivity index (χ2n) is 6.43. The summed E-state index contributed by atoms with van der Waals surface area (Å²) >= 11 is 6.06. The molecular formula is C21H18ClFN2O4. The number of halogens is 2. The molecule has 0 unspecified atom stereocenters. The zero-order valence-electron chi connectivity index (χ0n) is 16.0. The van der Waals surface area contributed by atoms with Gasteiger partial charge in [-0.1, -0.05) is 35.0 Å². The summed E-state index contributed by atoms with van der Waals surface area (Å²) in [6, 6.07) is 9.59. The molecule has 150 valence electrons. The van der Waals surface area contributed by atoms with Crippen LogP contribution in [-0.2, 0) is 9.53 Å². The fourth-order valence-corrected chi connectivity index (χ4v) is 3.04. The number of nitrogens with zero attached hydrogens (tertiary/aromatic N) is 1. The van der Waals surface area contributed by atoms with E-state index in [1.54, 1.807) is 6.07 Å². The number of anilines is 1. The molecule has 3 rings (SSSR count). The van der Waals surface area contributed by atoms with Gasteiger partial charge in [-0.25, -0.2) is 9.18 Å². The molecule has 2 aromatic carbocycles. The van der Waals surface area contributed by atoms with E-state index in [9.17, 15) is 14.0 Å². The number of carbonyl (C=O) groups excluding carboxylic acids is 2. The molecule has 29 heavy (non-hydrogen) atoms. The molecule has 0 atom stereocenters. The van der Waals surface area contributed by atoms with E-state index in [2.05, 4.69) is 10.5 Å². The second kappa shape index (κ2) is 8.45. The molecule has 0 radical (unpaired) electrons. The predicted octanol–water partition coefficient (Wildman–Crippen LogP) is 4.85. The molecule has 1 aromatic heterocycles. The SMILES string of the molecule is Cc1cccc(NC(=O)COC(=O)c2c(-c3c(F)cccc3Cl)noc2C)c1C. The van der Waals surface area contributed by atoms with Crippen LogP contribution in [0.25, 0.3) is 11.3 Å². The van der Waals surface area contributed by atoms with E-state index in [1.807, 2.05) is 26.0 Å². The minimum atomic E-state index is -0.866. The van der Waals surface area contributed by atoms with Crippen LogP contribution in [0.3, 0.4) is 0 Å². The van der Waals surface area contributed by atoms with E-state index in [4.69, 9.17) is 20.9 Å². The summed E-state index contributed by atoms with van der Waals surface area (Å²) in [5, 5.41) is 6.51. The van der Waals surface area contributed by atoms with Crippen LogP contribution in [-0.4, -0.2) is 23.6 Å². The molecule has 1 amide bonds. The first-order valence-corrected chi connectivity index (χ1v) is 9.11. The lowest BCUT2D eigenvalue weighted by atomic mass is 10.1. The number of nitrogens with one attached hydrogen (secondary N) is 1. The van der Waals surface area contributed by atoms with Crippen molar-refractivity contribution in [2.75, 3.05) is 11.9 Å². The van der Waals surface area contributed by atoms with Gasteiger partial charge in [-0.2, -0.15) is 0 Å². The number of benzene rings is 2. The standard InChI is InChI=1S/C21H18ClFN2O4/c1-11-6-4-9-16(12(11)2)24-17(26)10-28-21(27)18-13(3)29-25-20(18)19-14(22)7-5-8-15(19)23/h4-9H,10H2,1-3H3,(H,24,26). The Hall–Kier alpha value is -3.19. The van der Waals surface area contributed by atoms with Crippen molar-refractivity contribution in [2.45, 2.75) is 20.8 Å². The van der Waals surface area contributed by atoms with Crippen molar-refractivity contribution >= 4 is 29.2 Å². The Morgan fingerprint density at radius 3 is 2.62 bits per heavy atom. The van der Waals surface area contributed by atoms with Gasteiger partial charge in [0.05, 0.1) is 10.6 Å². The van der Waals surface area contributed by atoms with Crippen LogP contribution in [0.2, 0.25) is 5.02 Å². The number of hydrogen-bond donors (Lipinski definition) is 1. The van der Waals surface area contributed by atoms with Gasteiger partial charge in [-0.3, -0.25) is 4.79 Å². The Balaban J connectivity index is 1.76. The van der Waals surface area contributed by atoms with Crippen molar-refractivity contribution in [1.29, 1.82) is 0 Å². The van der Waals surface area contributed by atoms with Crippen LogP contribution in [0, 0.1) is 26.6 Å². The number of amides is 1. The van der Waals surface area contributed by atoms with Gasteiger partial charge in [0.1, 0.15) is 22.8 Å². The van der Waals surface area contributed by atoms with E-state index < -0.39 is 24.3 Å². The van der Waals surface area contributed by atoms with E-state index in [-0.39, 0.29) is 27.6 Å². The van der Waals surface area contributed by atoms with Crippen molar-refractivity contribution in [3.63, 3.8) is 0 Å². The molecule has 0 saturated carbocycles. The topological polar surface area (TPSA) is 81.4 Å². The molecular weight excluding hydrogens is 399 g/mol. The van der Waals surface area contributed by atoms with Crippen LogP contribution >= 0.6 is 11.6 Å². The van der Waals surface area contributed by atoms with Gasteiger partial charge in [0.2, 0.25) is 0 Å². The Labute approximate surface area is 171 Å². The van der Waals surface area contributed by atoms with Crippen molar-refractivity contribution in [2.24, 2.45) is 0 Å². The molecule has 0 fully saturated rings. The minimum Gasteiger partial charge on any atom is -0.452 e. The van der Waals surface area contributed by atoms with Crippen LogP contribution in [0.1, 0.15) is 27.2 Å². The first kappa shape index (κ1) is 20.5. The molecule has 1 heterocycles. The van der Waals surface area contributed by atoms with Gasteiger partial charge in [0, 0.05) is 5.69 Å². The molecule has 8 heteroatoms. The summed E-state index contributed by atoms with van der Waals surface area (Å²) in [5.41, 5.74) is 2.33. The highest BCUT2D eigenvalue weighted by Gasteiger charge is 2.27. The van der Waals surface area contributed by atoms with Crippen molar-refractivity contribution in [1.82, 2.24) is 5.16 Å². The summed E-state index contributed by atoms with van der Waals surface area (Å²) in [4.78, 5) is 24.7. The molecule has 1 N–H and O–H groups in total. The third kappa shape index (κ3) is 4.30. The number of rotatable bonds is 5. The molecule has 0 aliphatic heterocycles. The summed E-state index contributed by atoms with van der Waals surface area (Å²) in [6.07, 6.45) is 0. The third-order valence-electron chi connectivity index (χ3n) is 4.48. The van der Waals surface area contributed by atoms with E-state index in [0.29, 0.717) is 5.69 Å². The summed E-state index contributed by atoms with van der Waals surface area (Å²) in [7, 11) is 0. The fourth-order valence-electron chi connectivity index (χ4n) is 2.78. The van der Waals surface area contributed by atoms with Crippen LogP contribution in [0.4, 0.5) is 10.1 Å². The summed E-state index contributed by atoms with van der Waals surface area (Å²) < 4.78 is 24.4. The number of carbonyl (C=O) groups is 2. The Morgan fingerprint density at radius 2 is 1.90 bits per heavy atom. The van der Waals surface area contributed by atoms with Gasteiger partial charge in [0.25, 0.3) is 5.91 Å². The normalized spacial score (nSPS) is 10.7. The first-order valence-electron chi connectivity index (χ1n) is 8.73. The lowest BCUT2D eigenvalue weighted by molar-refractivity contribution is -0.119. The lowest BCUT2D eigenvalue weighted by Gasteiger charge is -2.11. The molecule has 3 aromatic rings. The van der Waals surface area contributed by atoms with Gasteiger partial charge in [-0.05, 0) is 50.1 Å². The van der Waals surface area contributed by atoms with E-state index >= 15 is 0 Å². The first-order chi connectivity index (χ1) is 13.8. The average Bonchev–Trinajstić information content (AvgIpc) is 3.04. The van der Waals surface area contributed by atoms with E-state index in [1.165, 1.54) is 25.1 Å². The van der Waals surface area contributed by atoms with Crippen molar-refractivity contribution in [3.8, 4) is 11.3 Å². The molecule has 0 aliphatic rings. The average molecular weight is 417 g/mol. The summed E-state index contributed by atoms with van der Waals surface area (Å²) in [5.74, 6) is -1.91. The summed E-state index contributed by atoms with van der Waals surface area (Å²) in [6.45, 7) is 4.76. The highest BCUT2D eigenvalue weighted by atomic mass is 35.5.